The van der Waals surface area contributed by atoms with Gasteiger partial charge in [0.05, 0.1) is 11.6 Å². The lowest BCUT2D eigenvalue weighted by Gasteiger charge is -2.09. The smallest absolute Gasteiger partial charge is 0.166 e. The zero-order valence-corrected chi connectivity index (χ0v) is 10.1. The van der Waals surface area contributed by atoms with Crippen molar-refractivity contribution < 1.29 is 9.53 Å². The molecule has 0 amide bonds. The van der Waals surface area contributed by atoms with Gasteiger partial charge in [-0.3, -0.25) is 9.78 Å². The van der Waals surface area contributed by atoms with E-state index in [4.69, 9.17) is 4.74 Å². The number of pyridine rings is 1. The Hall–Kier alpha value is -1.74. The van der Waals surface area contributed by atoms with E-state index in [2.05, 4.69) is 4.98 Å². The normalized spacial score (nSPS) is 19.2. The first-order valence-corrected chi connectivity index (χ1v) is 6.33. The van der Waals surface area contributed by atoms with Crippen LogP contribution in [-0.2, 0) is 4.74 Å². The number of aromatic nitrogens is 1. The van der Waals surface area contributed by atoms with E-state index in [-0.39, 0.29) is 11.9 Å². The average molecular weight is 241 g/mol. The Balaban J connectivity index is 1.91. The third-order valence-corrected chi connectivity index (χ3v) is 3.38. The minimum Gasteiger partial charge on any atom is -0.378 e. The summed E-state index contributed by atoms with van der Waals surface area (Å²) >= 11 is 0. The summed E-state index contributed by atoms with van der Waals surface area (Å²) in [5.41, 5.74) is 1.63. The highest BCUT2D eigenvalue weighted by atomic mass is 16.5. The minimum atomic E-state index is 0.101. The van der Waals surface area contributed by atoms with Gasteiger partial charge in [0.15, 0.2) is 5.78 Å². The molecule has 3 rings (SSSR count). The number of hydrogen-bond acceptors (Lipinski definition) is 3. The zero-order valence-electron chi connectivity index (χ0n) is 10.1. The van der Waals surface area contributed by atoms with Crippen LogP contribution in [0.25, 0.3) is 10.9 Å². The molecular formula is C15H15NO2. The summed E-state index contributed by atoms with van der Waals surface area (Å²) in [6, 6.07) is 9.51. The molecule has 0 radical (unpaired) electrons. The first-order chi connectivity index (χ1) is 8.84. The van der Waals surface area contributed by atoms with E-state index in [1.807, 2.05) is 30.3 Å². The molecule has 3 nitrogen and oxygen atoms in total. The summed E-state index contributed by atoms with van der Waals surface area (Å²) in [6.45, 7) is 0.787. The van der Waals surface area contributed by atoms with Crippen LogP contribution in [0.1, 0.15) is 29.6 Å². The van der Waals surface area contributed by atoms with E-state index in [0.29, 0.717) is 6.42 Å². The lowest BCUT2D eigenvalue weighted by molar-refractivity contribution is 0.0777. The minimum absolute atomic E-state index is 0.101. The van der Waals surface area contributed by atoms with Crippen LogP contribution in [0.15, 0.2) is 36.5 Å². The van der Waals surface area contributed by atoms with Gasteiger partial charge in [-0.1, -0.05) is 18.2 Å². The number of ketones is 1. The predicted molar refractivity (Wildman–Crippen MR) is 69.7 cm³/mol. The quantitative estimate of drug-likeness (QED) is 0.775. The van der Waals surface area contributed by atoms with Crippen molar-refractivity contribution in [1.82, 2.24) is 4.98 Å². The van der Waals surface area contributed by atoms with Crippen LogP contribution < -0.4 is 0 Å². The highest BCUT2D eigenvalue weighted by Crippen LogP contribution is 2.22. The second-order valence-corrected chi connectivity index (χ2v) is 4.64. The highest BCUT2D eigenvalue weighted by molar-refractivity contribution is 6.07. The fraction of sp³-hybridized carbons (Fsp3) is 0.333. The number of nitrogens with zero attached hydrogens (tertiary/aromatic N) is 1. The molecule has 0 N–H and O–H groups in total. The zero-order chi connectivity index (χ0) is 12.4. The topological polar surface area (TPSA) is 39.2 Å². The fourth-order valence-corrected chi connectivity index (χ4v) is 2.47. The SMILES string of the molecule is O=C(CC1CCCO1)c1cccc2ncccc12. The number of carbonyl (C=O) groups is 1. The van der Waals surface area contributed by atoms with Gasteiger partial charge >= 0.3 is 0 Å². The van der Waals surface area contributed by atoms with Gasteiger partial charge in [-0.05, 0) is 25.0 Å². The van der Waals surface area contributed by atoms with E-state index < -0.39 is 0 Å². The van der Waals surface area contributed by atoms with Crippen molar-refractivity contribution in [3.63, 3.8) is 0 Å². The van der Waals surface area contributed by atoms with Crippen molar-refractivity contribution in [3.05, 3.63) is 42.1 Å². The lowest BCUT2D eigenvalue weighted by Crippen LogP contribution is -2.12. The van der Waals surface area contributed by atoms with Gasteiger partial charge in [-0.25, -0.2) is 0 Å². The second kappa shape index (κ2) is 4.86. The van der Waals surface area contributed by atoms with Crippen molar-refractivity contribution in [2.75, 3.05) is 6.61 Å². The Kier molecular flexibility index (Phi) is 3.07. The van der Waals surface area contributed by atoms with Gasteiger partial charge in [-0.15, -0.1) is 0 Å². The largest absolute Gasteiger partial charge is 0.378 e. The van der Waals surface area contributed by atoms with Gasteiger partial charge < -0.3 is 4.74 Å². The Morgan fingerprint density at radius 2 is 2.28 bits per heavy atom. The van der Waals surface area contributed by atoms with E-state index in [9.17, 15) is 4.79 Å². The van der Waals surface area contributed by atoms with Crippen LogP contribution in [0, 0.1) is 0 Å². The molecule has 1 unspecified atom stereocenters. The number of fused-ring (bicyclic) bond motifs is 1. The van der Waals surface area contributed by atoms with E-state index in [0.717, 1.165) is 35.9 Å². The summed E-state index contributed by atoms with van der Waals surface area (Å²) in [5, 5.41) is 0.933. The molecule has 3 heteroatoms. The number of rotatable bonds is 3. The molecule has 92 valence electrons. The summed E-state index contributed by atoms with van der Waals surface area (Å²) in [7, 11) is 0. The number of benzene rings is 1. The van der Waals surface area contributed by atoms with Crippen LogP contribution in [0.4, 0.5) is 0 Å². The Morgan fingerprint density at radius 3 is 3.11 bits per heavy atom. The molecule has 1 aliphatic rings. The maximum Gasteiger partial charge on any atom is 0.166 e. The van der Waals surface area contributed by atoms with E-state index in [1.165, 1.54) is 0 Å². The molecule has 1 fully saturated rings. The Bertz CT molecular complexity index is 568. The molecule has 1 aromatic carbocycles. The number of hydrogen-bond donors (Lipinski definition) is 0. The molecule has 2 aromatic rings. The van der Waals surface area contributed by atoms with Gasteiger partial charge in [0, 0.05) is 30.2 Å². The Labute approximate surface area is 106 Å². The van der Waals surface area contributed by atoms with Gasteiger partial charge in [0.25, 0.3) is 0 Å². The lowest BCUT2D eigenvalue weighted by atomic mass is 10.00. The van der Waals surface area contributed by atoms with Gasteiger partial charge in [0.2, 0.25) is 0 Å². The first-order valence-electron chi connectivity index (χ1n) is 6.33. The van der Waals surface area contributed by atoms with Crippen molar-refractivity contribution >= 4 is 16.7 Å². The summed E-state index contributed by atoms with van der Waals surface area (Å²) in [6.07, 6.45) is 4.39. The fourth-order valence-electron chi connectivity index (χ4n) is 2.47. The van der Waals surface area contributed by atoms with Gasteiger partial charge in [0.1, 0.15) is 0 Å². The first kappa shape index (κ1) is 11.4. The second-order valence-electron chi connectivity index (χ2n) is 4.64. The molecule has 1 aromatic heterocycles. The molecule has 2 heterocycles. The van der Waals surface area contributed by atoms with Crippen LogP contribution in [0.3, 0.4) is 0 Å². The molecule has 1 saturated heterocycles. The van der Waals surface area contributed by atoms with Crippen molar-refractivity contribution in [2.45, 2.75) is 25.4 Å². The van der Waals surface area contributed by atoms with Crippen LogP contribution in [0.2, 0.25) is 0 Å². The van der Waals surface area contributed by atoms with Crippen LogP contribution >= 0.6 is 0 Å². The van der Waals surface area contributed by atoms with E-state index >= 15 is 0 Å². The number of carbonyl (C=O) groups excluding carboxylic acids is 1. The monoisotopic (exact) mass is 241 g/mol. The molecule has 1 atom stereocenters. The van der Waals surface area contributed by atoms with Gasteiger partial charge in [-0.2, -0.15) is 0 Å². The maximum atomic E-state index is 12.3. The molecule has 0 saturated carbocycles. The van der Waals surface area contributed by atoms with Crippen LogP contribution in [0.5, 0.6) is 0 Å². The molecule has 0 aliphatic carbocycles. The molecule has 18 heavy (non-hydrogen) atoms. The van der Waals surface area contributed by atoms with E-state index in [1.54, 1.807) is 6.20 Å². The molecule has 0 spiro atoms. The third kappa shape index (κ3) is 2.14. The van der Waals surface area contributed by atoms with Crippen molar-refractivity contribution in [3.8, 4) is 0 Å². The predicted octanol–water partition coefficient (Wildman–Crippen LogP) is 2.99. The van der Waals surface area contributed by atoms with Crippen molar-refractivity contribution in [2.24, 2.45) is 0 Å². The summed E-state index contributed by atoms with van der Waals surface area (Å²) in [5.74, 6) is 0.153. The Morgan fingerprint density at radius 1 is 1.33 bits per heavy atom. The summed E-state index contributed by atoms with van der Waals surface area (Å²) in [4.78, 5) is 16.6. The highest BCUT2D eigenvalue weighted by Gasteiger charge is 2.20. The standard InChI is InChI=1S/C15H15NO2/c17-15(10-11-4-3-9-18-11)13-5-1-7-14-12(13)6-2-8-16-14/h1-2,5-8,11H,3-4,9-10H2. The average Bonchev–Trinajstić information content (AvgIpc) is 2.91. The molecular weight excluding hydrogens is 226 g/mol. The number of ether oxygens (including phenoxy) is 1. The summed E-state index contributed by atoms with van der Waals surface area (Å²) < 4.78 is 5.52. The van der Waals surface area contributed by atoms with Crippen molar-refractivity contribution in [1.29, 1.82) is 0 Å². The molecule has 0 bridgehead atoms. The number of Topliss-reactive ketones (excluding diaryl/α,β-unsaturated/α-hetero) is 1. The maximum absolute atomic E-state index is 12.3. The third-order valence-electron chi connectivity index (χ3n) is 3.38. The molecule has 1 aliphatic heterocycles. The van der Waals surface area contributed by atoms with Crippen LogP contribution in [-0.4, -0.2) is 23.5 Å².